The number of rotatable bonds is 1. The first kappa shape index (κ1) is 15.9. The molecule has 0 unspecified atom stereocenters. The predicted octanol–water partition coefficient (Wildman–Crippen LogP) is 1.68. The minimum atomic E-state index is -0.465. The fourth-order valence-corrected chi connectivity index (χ4v) is 4.19. The van der Waals surface area contributed by atoms with Gasteiger partial charge in [-0.25, -0.2) is 0 Å². The standard InChI is InChI=1S/C17H21ClN4O2/c1-10-6-17(7-14(19-10)15-8-22(2)21-20-15)13-4-3-11(18)5-12(13)16(23)9-24-17/h3-5,8,10,14,19-21H,6-7,9H2,1-2H3/t10-,14-,17-/m0/s1. The van der Waals surface area contributed by atoms with Gasteiger partial charge in [0.25, 0.3) is 0 Å². The Labute approximate surface area is 146 Å². The van der Waals surface area contributed by atoms with E-state index < -0.39 is 5.60 Å². The second-order valence-corrected chi connectivity index (χ2v) is 7.29. The number of piperidine rings is 1. The number of ketones is 1. The van der Waals surface area contributed by atoms with Crippen molar-refractivity contribution in [1.29, 1.82) is 0 Å². The third-order valence-electron chi connectivity index (χ3n) is 4.99. The first-order valence-electron chi connectivity index (χ1n) is 8.16. The number of ether oxygens (including phenoxy) is 1. The predicted molar refractivity (Wildman–Crippen MR) is 91.1 cm³/mol. The minimum absolute atomic E-state index is 0.000433. The molecule has 24 heavy (non-hydrogen) atoms. The lowest BCUT2D eigenvalue weighted by Gasteiger charge is -2.47. The van der Waals surface area contributed by atoms with E-state index in [1.807, 2.05) is 30.4 Å². The van der Waals surface area contributed by atoms with Crippen LogP contribution in [-0.4, -0.2) is 36.5 Å². The molecular formula is C17H21ClN4O2. The van der Waals surface area contributed by atoms with E-state index in [4.69, 9.17) is 16.3 Å². The number of nitrogens with zero attached hydrogens (tertiary/aromatic N) is 1. The molecule has 3 aliphatic heterocycles. The van der Waals surface area contributed by atoms with Crippen LogP contribution in [0.3, 0.4) is 0 Å². The molecule has 4 rings (SSSR count). The highest BCUT2D eigenvalue weighted by molar-refractivity contribution is 6.31. The Morgan fingerprint density at radius 3 is 2.96 bits per heavy atom. The van der Waals surface area contributed by atoms with E-state index in [0.717, 1.165) is 24.1 Å². The van der Waals surface area contributed by atoms with Crippen LogP contribution in [0.2, 0.25) is 5.02 Å². The van der Waals surface area contributed by atoms with Crippen molar-refractivity contribution in [3.8, 4) is 0 Å². The number of Topliss-reactive ketones (excluding diaryl/α,β-unsaturated/α-hetero) is 1. The average molecular weight is 349 g/mol. The lowest BCUT2D eigenvalue weighted by atomic mass is 9.74. The van der Waals surface area contributed by atoms with Crippen molar-refractivity contribution in [2.45, 2.75) is 37.5 Å². The van der Waals surface area contributed by atoms with Gasteiger partial charge in [-0.05, 0) is 31.0 Å². The summed E-state index contributed by atoms with van der Waals surface area (Å²) >= 11 is 6.11. The Morgan fingerprint density at radius 1 is 1.38 bits per heavy atom. The molecular weight excluding hydrogens is 328 g/mol. The number of carbonyl (C=O) groups is 1. The number of carbonyl (C=O) groups excluding carboxylic acids is 1. The van der Waals surface area contributed by atoms with E-state index in [2.05, 4.69) is 23.2 Å². The normalized spacial score (nSPS) is 32.5. The maximum atomic E-state index is 12.3. The molecule has 3 aliphatic rings. The van der Waals surface area contributed by atoms with Crippen molar-refractivity contribution in [3.05, 3.63) is 46.2 Å². The molecule has 0 amide bonds. The lowest BCUT2D eigenvalue weighted by Crippen LogP contribution is -2.56. The number of benzene rings is 1. The van der Waals surface area contributed by atoms with Crippen LogP contribution in [0, 0.1) is 0 Å². The van der Waals surface area contributed by atoms with Crippen LogP contribution < -0.4 is 16.3 Å². The number of nitrogens with one attached hydrogen (secondary N) is 3. The molecule has 0 aliphatic carbocycles. The van der Waals surface area contributed by atoms with Gasteiger partial charge in [-0.1, -0.05) is 17.7 Å². The third-order valence-corrected chi connectivity index (χ3v) is 5.23. The molecule has 7 heteroatoms. The zero-order valence-corrected chi connectivity index (χ0v) is 14.5. The smallest absolute Gasteiger partial charge is 0.188 e. The van der Waals surface area contributed by atoms with Crippen molar-refractivity contribution in [2.24, 2.45) is 0 Å². The van der Waals surface area contributed by atoms with Gasteiger partial charge in [0.15, 0.2) is 5.78 Å². The van der Waals surface area contributed by atoms with Crippen LogP contribution in [0.5, 0.6) is 0 Å². The SMILES string of the molecule is C[C@H]1C[C@@]2(C[C@@H](C3=CN(C)NN3)N1)OCC(=O)c1cc(Cl)ccc12. The van der Waals surface area contributed by atoms with Crippen molar-refractivity contribution in [3.63, 3.8) is 0 Å². The molecule has 0 bridgehead atoms. The van der Waals surface area contributed by atoms with E-state index in [9.17, 15) is 4.79 Å². The van der Waals surface area contributed by atoms with Crippen LogP contribution in [0.1, 0.15) is 35.7 Å². The lowest BCUT2D eigenvalue weighted by molar-refractivity contribution is -0.0837. The van der Waals surface area contributed by atoms with E-state index >= 15 is 0 Å². The van der Waals surface area contributed by atoms with Gasteiger partial charge in [0.1, 0.15) is 6.61 Å². The molecule has 3 heterocycles. The average Bonchev–Trinajstić information content (AvgIpc) is 2.97. The molecule has 0 radical (unpaired) electrons. The number of halogens is 1. The van der Waals surface area contributed by atoms with Gasteiger partial charge < -0.3 is 15.5 Å². The fourth-order valence-electron chi connectivity index (χ4n) is 4.01. The molecule has 1 aromatic carbocycles. The molecule has 1 spiro atoms. The summed E-state index contributed by atoms with van der Waals surface area (Å²) in [5.74, 6) is 0.000433. The zero-order chi connectivity index (χ0) is 16.9. The van der Waals surface area contributed by atoms with Crippen molar-refractivity contribution < 1.29 is 9.53 Å². The molecule has 0 aromatic heterocycles. The Morgan fingerprint density at radius 2 is 2.21 bits per heavy atom. The molecule has 1 saturated heterocycles. The van der Waals surface area contributed by atoms with Gasteiger partial charge in [-0.15, -0.1) is 5.53 Å². The van der Waals surface area contributed by atoms with Crippen LogP contribution >= 0.6 is 11.6 Å². The van der Waals surface area contributed by atoms with E-state index in [0.29, 0.717) is 10.6 Å². The maximum absolute atomic E-state index is 12.3. The van der Waals surface area contributed by atoms with Gasteiger partial charge in [-0.3, -0.25) is 9.80 Å². The van der Waals surface area contributed by atoms with Gasteiger partial charge >= 0.3 is 0 Å². The van der Waals surface area contributed by atoms with Crippen molar-refractivity contribution in [1.82, 2.24) is 21.3 Å². The molecule has 1 aromatic rings. The second-order valence-electron chi connectivity index (χ2n) is 6.86. The molecule has 3 atom stereocenters. The van der Waals surface area contributed by atoms with Gasteiger partial charge in [0, 0.05) is 36.3 Å². The number of hydrogen-bond donors (Lipinski definition) is 3. The highest BCUT2D eigenvalue weighted by Crippen LogP contribution is 2.44. The van der Waals surface area contributed by atoms with E-state index in [1.54, 1.807) is 6.07 Å². The summed E-state index contributed by atoms with van der Waals surface area (Å²) in [7, 11) is 1.94. The summed E-state index contributed by atoms with van der Waals surface area (Å²) in [6, 6.07) is 5.93. The number of hydrazine groups is 2. The molecule has 6 nitrogen and oxygen atoms in total. The van der Waals surface area contributed by atoms with Gasteiger partial charge in [-0.2, -0.15) is 0 Å². The number of fused-ring (bicyclic) bond motifs is 2. The summed E-state index contributed by atoms with van der Waals surface area (Å²) in [6.45, 7) is 2.26. The van der Waals surface area contributed by atoms with Crippen LogP contribution in [0.15, 0.2) is 30.1 Å². The molecule has 1 fully saturated rings. The molecule has 3 N–H and O–H groups in total. The van der Waals surface area contributed by atoms with Crippen LogP contribution in [0.25, 0.3) is 0 Å². The van der Waals surface area contributed by atoms with Crippen LogP contribution in [-0.2, 0) is 10.3 Å². The molecule has 128 valence electrons. The fraction of sp³-hybridized carbons (Fsp3) is 0.471. The first-order valence-corrected chi connectivity index (χ1v) is 8.54. The third kappa shape index (κ3) is 2.59. The summed E-state index contributed by atoms with van der Waals surface area (Å²) < 4.78 is 6.15. The summed E-state index contributed by atoms with van der Waals surface area (Å²) in [6.07, 6.45) is 3.61. The topological polar surface area (TPSA) is 65.6 Å². The van der Waals surface area contributed by atoms with E-state index in [-0.39, 0.29) is 24.5 Å². The quantitative estimate of drug-likeness (QED) is 0.717. The monoisotopic (exact) mass is 348 g/mol. The Hall–Kier alpha value is -1.60. The van der Waals surface area contributed by atoms with Crippen molar-refractivity contribution in [2.75, 3.05) is 13.7 Å². The Kier molecular flexibility index (Phi) is 3.80. The summed E-state index contributed by atoms with van der Waals surface area (Å²) in [4.78, 5) is 12.3. The highest BCUT2D eigenvalue weighted by atomic mass is 35.5. The summed E-state index contributed by atoms with van der Waals surface area (Å²) in [5, 5.41) is 6.08. The molecule has 0 saturated carbocycles. The Bertz CT molecular complexity index is 723. The number of hydrogen-bond acceptors (Lipinski definition) is 6. The first-order chi connectivity index (χ1) is 11.5. The zero-order valence-electron chi connectivity index (χ0n) is 13.7. The Balaban J connectivity index is 1.73. The van der Waals surface area contributed by atoms with Crippen LogP contribution in [0.4, 0.5) is 0 Å². The highest BCUT2D eigenvalue weighted by Gasteiger charge is 2.47. The van der Waals surface area contributed by atoms with Gasteiger partial charge in [0.2, 0.25) is 0 Å². The maximum Gasteiger partial charge on any atom is 0.188 e. The van der Waals surface area contributed by atoms with Crippen molar-refractivity contribution >= 4 is 17.4 Å². The van der Waals surface area contributed by atoms with Gasteiger partial charge in [0.05, 0.1) is 17.3 Å². The summed E-state index contributed by atoms with van der Waals surface area (Å²) in [5.41, 5.74) is 8.50. The largest absolute Gasteiger partial charge is 0.362 e. The second kappa shape index (κ2) is 5.74. The minimum Gasteiger partial charge on any atom is -0.362 e. The van der Waals surface area contributed by atoms with E-state index in [1.165, 1.54) is 0 Å².